The first kappa shape index (κ1) is 14.0. The third-order valence-electron chi connectivity index (χ3n) is 3.28. The van der Waals surface area contributed by atoms with Crippen molar-refractivity contribution in [1.29, 1.82) is 0 Å². The minimum absolute atomic E-state index is 0.491. The Bertz CT molecular complexity index is 417. The van der Waals surface area contributed by atoms with Crippen LogP contribution in [0.4, 0.5) is 11.4 Å². The van der Waals surface area contributed by atoms with Crippen LogP contribution >= 0.6 is 0 Å². The molecule has 0 atom stereocenters. The molecule has 5 heteroatoms. The molecule has 0 unspecified atom stereocenters. The molecule has 1 aromatic carbocycles. The van der Waals surface area contributed by atoms with Gasteiger partial charge in [-0.25, -0.2) is 0 Å². The van der Waals surface area contributed by atoms with E-state index in [1.807, 2.05) is 19.1 Å². The molecule has 1 saturated heterocycles. The van der Waals surface area contributed by atoms with Crippen LogP contribution in [0, 0.1) is 0 Å². The number of benzene rings is 1. The largest absolute Gasteiger partial charge is 0.494 e. The van der Waals surface area contributed by atoms with Gasteiger partial charge in [-0.3, -0.25) is 0 Å². The highest BCUT2D eigenvalue weighted by atomic mass is 16.5. The second kappa shape index (κ2) is 6.12. The van der Waals surface area contributed by atoms with Gasteiger partial charge < -0.3 is 25.6 Å². The van der Waals surface area contributed by atoms with Gasteiger partial charge in [0.05, 0.1) is 12.2 Å². The summed E-state index contributed by atoms with van der Waals surface area (Å²) >= 11 is 0. The van der Waals surface area contributed by atoms with Crippen LogP contribution in [-0.2, 0) is 4.74 Å². The van der Waals surface area contributed by atoms with E-state index in [1.165, 1.54) is 0 Å². The van der Waals surface area contributed by atoms with Crippen molar-refractivity contribution in [2.45, 2.75) is 25.4 Å². The van der Waals surface area contributed by atoms with Crippen molar-refractivity contribution >= 4 is 11.4 Å². The van der Waals surface area contributed by atoms with Crippen molar-refractivity contribution in [3.05, 3.63) is 18.2 Å². The summed E-state index contributed by atoms with van der Waals surface area (Å²) in [7, 11) is 0. The maximum absolute atomic E-state index is 10.4. The number of aliphatic hydroxyl groups is 1. The number of nitrogens with two attached hydrogens (primary N) is 1. The minimum Gasteiger partial charge on any atom is -0.494 e. The summed E-state index contributed by atoms with van der Waals surface area (Å²) < 4.78 is 10.7. The van der Waals surface area contributed by atoms with E-state index in [-0.39, 0.29) is 0 Å². The summed E-state index contributed by atoms with van der Waals surface area (Å²) in [6.45, 7) is 4.25. The molecule has 0 amide bonds. The van der Waals surface area contributed by atoms with Crippen molar-refractivity contribution in [3.63, 3.8) is 0 Å². The van der Waals surface area contributed by atoms with Gasteiger partial charge in [0.25, 0.3) is 0 Å². The average Bonchev–Trinajstić information content (AvgIpc) is 2.37. The van der Waals surface area contributed by atoms with Crippen molar-refractivity contribution in [3.8, 4) is 5.75 Å². The Morgan fingerprint density at radius 3 is 2.79 bits per heavy atom. The summed E-state index contributed by atoms with van der Waals surface area (Å²) in [5.41, 5.74) is 6.64. The summed E-state index contributed by atoms with van der Waals surface area (Å²) in [4.78, 5) is 0. The molecule has 0 saturated carbocycles. The second-order valence-corrected chi connectivity index (χ2v) is 4.91. The fourth-order valence-electron chi connectivity index (χ4n) is 2.17. The van der Waals surface area contributed by atoms with Gasteiger partial charge in [-0.2, -0.15) is 0 Å². The van der Waals surface area contributed by atoms with Crippen LogP contribution in [0.3, 0.4) is 0 Å². The van der Waals surface area contributed by atoms with E-state index in [2.05, 4.69) is 5.32 Å². The lowest BCUT2D eigenvalue weighted by Gasteiger charge is -2.32. The molecule has 0 aromatic heterocycles. The Morgan fingerprint density at radius 2 is 2.11 bits per heavy atom. The van der Waals surface area contributed by atoms with Gasteiger partial charge >= 0.3 is 0 Å². The van der Waals surface area contributed by atoms with Gasteiger partial charge in [-0.1, -0.05) is 0 Å². The molecule has 1 aromatic rings. The maximum Gasteiger partial charge on any atom is 0.123 e. The first-order valence-electron chi connectivity index (χ1n) is 6.69. The Balaban J connectivity index is 1.98. The third-order valence-corrected chi connectivity index (χ3v) is 3.28. The van der Waals surface area contributed by atoms with Crippen LogP contribution < -0.4 is 15.8 Å². The van der Waals surface area contributed by atoms with E-state index in [1.54, 1.807) is 6.07 Å². The molecule has 1 heterocycles. The number of hydrogen-bond donors (Lipinski definition) is 3. The van der Waals surface area contributed by atoms with E-state index < -0.39 is 5.60 Å². The number of ether oxygens (including phenoxy) is 2. The van der Waals surface area contributed by atoms with Gasteiger partial charge in [-0.05, 0) is 13.0 Å². The molecule has 19 heavy (non-hydrogen) atoms. The lowest BCUT2D eigenvalue weighted by atomic mass is 9.94. The van der Waals surface area contributed by atoms with Crippen molar-refractivity contribution < 1.29 is 14.6 Å². The predicted molar refractivity (Wildman–Crippen MR) is 75.5 cm³/mol. The molecule has 5 nitrogen and oxygen atoms in total. The second-order valence-electron chi connectivity index (χ2n) is 4.91. The Morgan fingerprint density at radius 1 is 1.37 bits per heavy atom. The molecule has 2 rings (SSSR count). The molecule has 0 spiro atoms. The van der Waals surface area contributed by atoms with Crippen LogP contribution in [0.25, 0.3) is 0 Å². The first-order chi connectivity index (χ1) is 9.11. The Kier molecular flexibility index (Phi) is 4.50. The smallest absolute Gasteiger partial charge is 0.123 e. The van der Waals surface area contributed by atoms with E-state index in [9.17, 15) is 5.11 Å². The zero-order valence-corrected chi connectivity index (χ0v) is 11.3. The van der Waals surface area contributed by atoms with Crippen molar-refractivity contribution in [2.75, 3.05) is 37.4 Å². The van der Waals surface area contributed by atoms with E-state index in [0.29, 0.717) is 44.9 Å². The standard InChI is InChI=1S/C14H22N2O3/c1-2-19-13-8-11(15)7-12(9-13)16-10-14(17)3-5-18-6-4-14/h7-9,16-17H,2-6,10,15H2,1H3. The topological polar surface area (TPSA) is 76.7 Å². The molecule has 0 aliphatic carbocycles. The molecule has 4 N–H and O–H groups in total. The molecule has 0 bridgehead atoms. The van der Waals surface area contributed by atoms with Gasteiger partial charge in [0.1, 0.15) is 5.75 Å². The summed E-state index contributed by atoms with van der Waals surface area (Å²) in [6, 6.07) is 5.52. The zero-order valence-electron chi connectivity index (χ0n) is 11.3. The van der Waals surface area contributed by atoms with E-state index in [0.717, 1.165) is 11.4 Å². The third kappa shape index (κ3) is 4.01. The Labute approximate surface area is 113 Å². The molecule has 0 radical (unpaired) electrons. The SMILES string of the molecule is CCOc1cc(N)cc(NCC2(O)CCOCC2)c1. The summed E-state index contributed by atoms with van der Waals surface area (Å²) in [6.07, 6.45) is 1.31. The number of hydrogen-bond acceptors (Lipinski definition) is 5. The number of nitrogens with one attached hydrogen (secondary N) is 1. The summed E-state index contributed by atoms with van der Waals surface area (Å²) in [5.74, 6) is 0.740. The number of nitrogen functional groups attached to an aromatic ring is 1. The van der Waals surface area contributed by atoms with Crippen LogP contribution in [0.15, 0.2) is 18.2 Å². The highest BCUT2D eigenvalue weighted by Gasteiger charge is 2.29. The predicted octanol–water partition coefficient (Wildman–Crippen LogP) is 1.62. The monoisotopic (exact) mass is 266 g/mol. The van der Waals surface area contributed by atoms with Crippen LogP contribution in [-0.4, -0.2) is 37.1 Å². The van der Waals surface area contributed by atoms with Crippen molar-refractivity contribution in [1.82, 2.24) is 0 Å². The zero-order chi connectivity index (χ0) is 13.7. The molecule has 1 fully saturated rings. The molecule has 106 valence electrons. The highest BCUT2D eigenvalue weighted by molar-refractivity contribution is 5.59. The fourth-order valence-corrected chi connectivity index (χ4v) is 2.17. The fraction of sp³-hybridized carbons (Fsp3) is 0.571. The maximum atomic E-state index is 10.4. The molecule has 1 aliphatic rings. The van der Waals surface area contributed by atoms with Crippen LogP contribution in [0.1, 0.15) is 19.8 Å². The van der Waals surface area contributed by atoms with Crippen LogP contribution in [0.2, 0.25) is 0 Å². The van der Waals surface area contributed by atoms with Gasteiger partial charge in [0.2, 0.25) is 0 Å². The van der Waals surface area contributed by atoms with Crippen LogP contribution in [0.5, 0.6) is 5.75 Å². The lowest BCUT2D eigenvalue weighted by molar-refractivity contribution is -0.0543. The molecular formula is C14H22N2O3. The van der Waals surface area contributed by atoms with Gasteiger partial charge in [0.15, 0.2) is 0 Å². The highest BCUT2D eigenvalue weighted by Crippen LogP contribution is 2.25. The summed E-state index contributed by atoms with van der Waals surface area (Å²) in [5, 5.41) is 13.6. The Hall–Kier alpha value is -1.46. The quantitative estimate of drug-likeness (QED) is 0.706. The molecule has 1 aliphatic heterocycles. The van der Waals surface area contributed by atoms with Gasteiger partial charge in [-0.15, -0.1) is 0 Å². The minimum atomic E-state index is -0.700. The van der Waals surface area contributed by atoms with E-state index >= 15 is 0 Å². The normalized spacial score (nSPS) is 18.0. The number of anilines is 2. The molecular weight excluding hydrogens is 244 g/mol. The number of rotatable bonds is 5. The lowest BCUT2D eigenvalue weighted by Crippen LogP contribution is -2.42. The van der Waals surface area contributed by atoms with Gasteiger partial charge in [0, 0.05) is 56.1 Å². The van der Waals surface area contributed by atoms with E-state index in [4.69, 9.17) is 15.2 Å². The average molecular weight is 266 g/mol. The first-order valence-corrected chi connectivity index (χ1v) is 6.69. The van der Waals surface area contributed by atoms with Crippen molar-refractivity contribution in [2.24, 2.45) is 0 Å².